The highest BCUT2D eigenvalue weighted by atomic mass is 19.1. The van der Waals surface area contributed by atoms with E-state index >= 15 is 0 Å². The topological polar surface area (TPSA) is 47.0 Å². The van der Waals surface area contributed by atoms with E-state index in [9.17, 15) is 4.39 Å². The van der Waals surface area contributed by atoms with E-state index in [2.05, 4.69) is 15.3 Å². The minimum atomic E-state index is -0.204. The standard InChI is InChI=1S/C15H16FN3O/c1-20-15-14(17-6-7-18-15)10-2-5-13(16)11(8-10)9-19-12-3-4-12/h2,5-8,12,19H,3-4,9H2,1H3. The summed E-state index contributed by atoms with van der Waals surface area (Å²) < 4.78 is 19.0. The van der Waals surface area contributed by atoms with Crippen molar-refractivity contribution in [3.63, 3.8) is 0 Å². The second kappa shape index (κ2) is 5.54. The number of aromatic nitrogens is 2. The van der Waals surface area contributed by atoms with Crippen LogP contribution in [0.25, 0.3) is 11.3 Å². The van der Waals surface area contributed by atoms with Gasteiger partial charge in [0.2, 0.25) is 5.88 Å². The number of hydrogen-bond donors (Lipinski definition) is 1. The molecule has 1 aliphatic carbocycles. The summed E-state index contributed by atoms with van der Waals surface area (Å²) in [6.07, 6.45) is 5.53. The zero-order chi connectivity index (χ0) is 13.9. The van der Waals surface area contributed by atoms with Gasteiger partial charge >= 0.3 is 0 Å². The van der Waals surface area contributed by atoms with Crippen LogP contribution in [-0.4, -0.2) is 23.1 Å². The predicted octanol–water partition coefficient (Wildman–Crippen LogP) is 2.54. The van der Waals surface area contributed by atoms with Crippen LogP contribution in [0.1, 0.15) is 18.4 Å². The third-order valence-corrected chi connectivity index (χ3v) is 3.34. The molecule has 1 aliphatic rings. The number of nitrogens with one attached hydrogen (secondary N) is 1. The molecule has 104 valence electrons. The molecule has 2 aromatic rings. The van der Waals surface area contributed by atoms with Crippen LogP contribution in [0, 0.1) is 5.82 Å². The highest BCUT2D eigenvalue weighted by Crippen LogP contribution is 2.27. The summed E-state index contributed by atoms with van der Waals surface area (Å²) in [6.45, 7) is 0.535. The van der Waals surface area contributed by atoms with Gasteiger partial charge in [0.25, 0.3) is 0 Å². The molecule has 0 radical (unpaired) electrons. The summed E-state index contributed by atoms with van der Waals surface area (Å²) >= 11 is 0. The fourth-order valence-electron chi connectivity index (χ4n) is 2.07. The maximum absolute atomic E-state index is 13.8. The highest BCUT2D eigenvalue weighted by Gasteiger charge is 2.21. The van der Waals surface area contributed by atoms with E-state index in [-0.39, 0.29) is 5.82 Å². The Bertz CT molecular complexity index is 614. The van der Waals surface area contributed by atoms with Gasteiger partial charge in [-0.1, -0.05) is 0 Å². The Morgan fingerprint density at radius 1 is 1.30 bits per heavy atom. The fourth-order valence-corrected chi connectivity index (χ4v) is 2.07. The van der Waals surface area contributed by atoms with E-state index in [0.29, 0.717) is 29.7 Å². The number of rotatable bonds is 5. The van der Waals surface area contributed by atoms with Crippen molar-refractivity contribution in [1.82, 2.24) is 15.3 Å². The molecule has 1 fully saturated rings. The maximum Gasteiger partial charge on any atom is 0.240 e. The largest absolute Gasteiger partial charge is 0.479 e. The van der Waals surface area contributed by atoms with Crippen molar-refractivity contribution in [1.29, 1.82) is 0 Å². The average Bonchev–Trinajstić information content (AvgIpc) is 3.30. The monoisotopic (exact) mass is 273 g/mol. The lowest BCUT2D eigenvalue weighted by Crippen LogP contribution is -2.16. The highest BCUT2D eigenvalue weighted by molar-refractivity contribution is 5.64. The SMILES string of the molecule is COc1nccnc1-c1ccc(F)c(CNC2CC2)c1. The first-order chi connectivity index (χ1) is 9.78. The Hall–Kier alpha value is -2.01. The lowest BCUT2D eigenvalue weighted by molar-refractivity contribution is 0.397. The molecule has 0 spiro atoms. The molecule has 0 atom stereocenters. The normalized spacial score (nSPS) is 14.3. The zero-order valence-corrected chi connectivity index (χ0v) is 11.3. The molecule has 0 saturated heterocycles. The number of halogens is 1. The first-order valence-corrected chi connectivity index (χ1v) is 6.65. The summed E-state index contributed by atoms with van der Waals surface area (Å²) in [6, 6.07) is 5.51. The molecule has 3 rings (SSSR count). The lowest BCUT2D eigenvalue weighted by atomic mass is 10.1. The van der Waals surface area contributed by atoms with E-state index in [0.717, 1.165) is 5.56 Å². The molecule has 1 heterocycles. The summed E-state index contributed by atoms with van der Waals surface area (Å²) in [4.78, 5) is 8.38. The van der Waals surface area contributed by atoms with Gasteiger partial charge in [-0.25, -0.2) is 14.4 Å². The molecule has 5 heteroatoms. The molecule has 0 amide bonds. The van der Waals surface area contributed by atoms with Crippen LogP contribution in [0.4, 0.5) is 4.39 Å². The van der Waals surface area contributed by atoms with Crippen LogP contribution in [-0.2, 0) is 6.54 Å². The summed E-state index contributed by atoms with van der Waals surface area (Å²) in [5.41, 5.74) is 2.08. The Morgan fingerprint density at radius 2 is 2.10 bits per heavy atom. The Morgan fingerprint density at radius 3 is 2.85 bits per heavy atom. The van der Waals surface area contributed by atoms with Crippen molar-refractivity contribution < 1.29 is 9.13 Å². The van der Waals surface area contributed by atoms with Crippen molar-refractivity contribution in [3.8, 4) is 17.1 Å². The number of hydrogen-bond acceptors (Lipinski definition) is 4. The van der Waals surface area contributed by atoms with Gasteiger partial charge in [0.15, 0.2) is 0 Å². The number of nitrogens with zero attached hydrogens (tertiary/aromatic N) is 2. The van der Waals surface area contributed by atoms with E-state index in [1.54, 1.807) is 31.6 Å². The van der Waals surface area contributed by atoms with Crippen LogP contribution in [0.3, 0.4) is 0 Å². The van der Waals surface area contributed by atoms with Crippen molar-refractivity contribution in [2.75, 3.05) is 7.11 Å². The Labute approximate surface area is 117 Å². The predicted molar refractivity (Wildman–Crippen MR) is 73.8 cm³/mol. The van der Waals surface area contributed by atoms with Crippen molar-refractivity contribution in [2.24, 2.45) is 0 Å². The lowest BCUT2D eigenvalue weighted by Gasteiger charge is -2.09. The second-order valence-electron chi connectivity index (χ2n) is 4.88. The molecule has 0 unspecified atom stereocenters. The van der Waals surface area contributed by atoms with Crippen LogP contribution in [0.5, 0.6) is 5.88 Å². The summed E-state index contributed by atoms with van der Waals surface area (Å²) in [7, 11) is 1.55. The van der Waals surface area contributed by atoms with E-state index in [1.165, 1.54) is 18.9 Å². The molecule has 4 nitrogen and oxygen atoms in total. The van der Waals surface area contributed by atoms with Crippen LogP contribution >= 0.6 is 0 Å². The van der Waals surface area contributed by atoms with Crippen LogP contribution in [0.2, 0.25) is 0 Å². The third kappa shape index (κ3) is 2.77. The molecule has 1 saturated carbocycles. The van der Waals surface area contributed by atoms with Gasteiger partial charge in [-0.3, -0.25) is 0 Å². The number of ether oxygens (including phenoxy) is 1. The van der Waals surface area contributed by atoms with E-state index in [1.807, 2.05) is 0 Å². The van der Waals surface area contributed by atoms with Gasteiger partial charge in [0, 0.05) is 36.1 Å². The molecule has 0 bridgehead atoms. The Balaban J connectivity index is 1.90. The van der Waals surface area contributed by atoms with Gasteiger partial charge in [-0.2, -0.15) is 0 Å². The van der Waals surface area contributed by atoms with Crippen LogP contribution < -0.4 is 10.1 Å². The molecule has 1 aromatic heterocycles. The number of methoxy groups -OCH3 is 1. The maximum atomic E-state index is 13.8. The van der Waals surface area contributed by atoms with E-state index in [4.69, 9.17) is 4.74 Å². The molecule has 20 heavy (non-hydrogen) atoms. The minimum Gasteiger partial charge on any atom is -0.479 e. The van der Waals surface area contributed by atoms with Gasteiger partial charge in [0.05, 0.1) is 7.11 Å². The first kappa shape index (κ1) is 13.0. The second-order valence-corrected chi connectivity index (χ2v) is 4.88. The van der Waals surface area contributed by atoms with E-state index < -0.39 is 0 Å². The number of benzene rings is 1. The molecular formula is C15H16FN3O. The smallest absolute Gasteiger partial charge is 0.240 e. The van der Waals surface area contributed by atoms with Crippen molar-refractivity contribution in [2.45, 2.75) is 25.4 Å². The molecule has 0 aliphatic heterocycles. The summed E-state index contributed by atoms with van der Waals surface area (Å²) in [5, 5.41) is 3.31. The summed E-state index contributed by atoms with van der Waals surface area (Å²) in [5.74, 6) is 0.241. The Kier molecular flexibility index (Phi) is 3.60. The van der Waals surface area contributed by atoms with Gasteiger partial charge < -0.3 is 10.1 Å². The van der Waals surface area contributed by atoms with Crippen molar-refractivity contribution in [3.05, 3.63) is 42.0 Å². The van der Waals surface area contributed by atoms with Gasteiger partial charge in [-0.15, -0.1) is 0 Å². The average molecular weight is 273 g/mol. The third-order valence-electron chi connectivity index (χ3n) is 3.34. The van der Waals surface area contributed by atoms with Crippen LogP contribution in [0.15, 0.2) is 30.6 Å². The van der Waals surface area contributed by atoms with Gasteiger partial charge in [0.1, 0.15) is 11.5 Å². The van der Waals surface area contributed by atoms with Gasteiger partial charge in [-0.05, 0) is 31.0 Å². The molecular weight excluding hydrogens is 257 g/mol. The minimum absolute atomic E-state index is 0.204. The first-order valence-electron chi connectivity index (χ1n) is 6.65. The fraction of sp³-hybridized carbons (Fsp3) is 0.333. The quantitative estimate of drug-likeness (QED) is 0.909. The van der Waals surface area contributed by atoms with Crippen molar-refractivity contribution >= 4 is 0 Å². The molecule has 1 aromatic carbocycles. The molecule has 1 N–H and O–H groups in total. The zero-order valence-electron chi connectivity index (χ0n) is 11.3.